The molecule has 22 heavy (non-hydrogen) atoms. The van der Waals surface area contributed by atoms with Crippen LogP contribution in [0, 0.1) is 0 Å². The van der Waals surface area contributed by atoms with Gasteiger partial charge in [0.25, 0.3) is 0 Å². The van der Waals surface area contributed by atoms with Gasteiger partial charge in [-0.05, 0) is 25.5 Å². The van der Waals surface area contributed by atoms with Gasteiger partial charge in [0, 0.05) is 38.0 Å². The number of aliphatic hydroxyl groups excluding tert-OH is 1. The van der Waals surface area contributed by atoms with E-state index in [0.717, 1.165) is 48.6 Å². The summed E-state index contributed by atoms with van der Waals surface area (Å²) in [6.45, 7) is 5.08. The van der Waals surface area contributed by atoms with Gasteiger partial charge in [-0.15, -0.1) is 0 Å². The first kappa shape index (κ1) is 14.9. The quantitative estimate of drug-likeness (QED) is 0.670. The third kappa shape index (κ3) is 3.42. The van der Waals surface area contributed by atoms with E-state index in [4.69, 9.17) is 4.42 Å². The van der Waals surface area contributed by atoms with E-state index in [1.54, 1.807) is 0 Å². The maximum absolute atomic E-state index is 9.66. The molecule has 1 atom stereocenters. The van der Waals surface area contributed by atoms with Crippen molar-refractivity contribution >= 4 is 16.9 Å². The summed E-state index contributed by atoms with van der Waals surface area (Å²) in [4.78, 5) is 6.77. The number of para-hydroxylation sites is 1. The van der Waals surface area contributed by atoms with E-state index in [9.17, 15) is 5.11 Å². The number of nitrogens with one attached hydrogen (secondary N) is 1. The Morgan fingerprint density at radius 1 is 1.45 bits per heavy atom. The molecule has 0 amide bonds. The zero-order valence-corrected chi connectivity index (χ0v) is 13.0. The molecule has 5 heteroatoms. The number of hydrogen-bond acceptors (Lipinski definition) is 3. The molecule has 5 nitrogen and oxygen atoms in total. The lowest BCUT2D eigenvalue weighted by molar-refractivity contribution is 0.188. The van der Waals surface area contributed by atoms with Crippen molar-refractivity contribution in [1.82, 2.24) is 10.2 Å². The van der Waals surface area contributed by atoms with Crippen LogP contribution < -0.4 is 5.32 Å². The molecule has 0 radical (unpaired) electrons. The van der Waals surface area contributed by atoms with Crippen LogP contribution in [0.15, 0.2) is 39.7 Å². The number of aliphatic imine (C=N–C) groups is 1. The number of nitrogens with zero attached hydrogens (tertiary/aromatic N) is 2. The number of aliphatic hydroxyl groups is 1. The molecule has 1 fully saturated rings. The third-order valence-electron chi connectivity index (χ3n) is 3.89. The second kappa shape index (κ2) is 6.83. The highest BCUT2D eigenvalue weighted by Crippen LogP contribution is 2.19. The molecule has 2 aromatic rings. The predicted molar refractivity (Wildman–Crippen MR) is 88.1 cm³/mol. The van der Waals surface area contributed by atoms with Crippen molar-refractivity contribution in [3.63, 3.8) is 0 Å². The Balaban J connectivity index is 1.63. The fourth-order valence-corrected chi connectivity index (χ4v) is 2.79. The van der Waals surface area contributed by atoms with E-state index >= 15 is 0 Å². The largest absolute Gasteiger partial charge is 0.461 e. The molecule has 1 aromatic carbocycles. The number of furan rings is 1. The molecule has 1 aliphatic rings. The van der Waals surface area contributed by atoms with E-state index in [1.807, 2.05) is 18.2 Å². The fourth-order valence-electron chi connectivity index (χ4n) is 2.79. The fraction of sp³-hybridized carbons (Fsp3) is 0.471. The first-order valence-corrected chi connectivity index (χ1v) is 7.95. The van der Waals surface area contributed by atoms with Crippen molar-refractivity contribution in [2.45, 2.75) is 25.9 Å². The first-order valence-electron chi connectivity index (χ1n) is 7.95. The monoisotopic (exact) mass is 301 g/mol. The topological polar surface area (TPSA) is 61.0 Å². The second-order valence-corrected chi connectivity index (χ2v) is 5.62. The molecule has 0 aliphatic carbocycles. The first-order chi connectivity index (χ1) is 10.8. The smallest absolute Gasteiger partial charge is 0.194 e. The maximum Gasteiger partial charge on any atom is 0.194 e. The van der Waals surface area contributed by atoms with E-state index < -0.39 is 0 Å². The normalized spacial score (nSPS) is 19.1. The Labute approximate surface area is 130 Å². The summed E-state index contributed by atoms with van der Waals surface area (Å²) >= 11 is 0. The van der Waals surface area contributed by atoms with E-state index in [0.29, 0.717) is 13.1 Å². The van der Waals surface area contributed by atoms with Gasteiger partial charge < -0.3 is 19.7 Å². The van der Waals surface area contributed by atoms with Crippen molar-refractivity contribution < 1.29 is 9.52 Å². The van der Waals surface area contributed by atoms with Crippen LogP contribution in [0.3, 0.4) is 0 Å². The molecule has 0 bridgehead atoms. The summed E-state index contributed by atoms with van der Waals surface area (Å²) in [5.74, 6) is 1.84. The van der Waals surface area contributed by atoms with Gasteiger partial charge in [0.05, 0.1) is 6.10 Å². The minimum absolute atomic E-state index is 0.237. The summed E-state index contributed by atoms with van der Waals surface area (Å²) in [7, 11) is 0. The standard InChI is InChI=1S/C17H23N3O2/c1-2-18-17(20-10-8-14(21)12-20)19-9-7-15-11-13-5-3-4-6-16(13)22-15/h3-6,11,14,21H,2,7-10,12H2,1H3,(H,18,19)/t14-/m1/s1. The van der Waals surface area contributed by atoms with Crippen molar-refractivity contribution in [3.8, 4) is 0 Å². The van der Waals surface area contributed by atoms with Gasteiger partial charge in [-0.1, -0.05) is 18.2 Å². The molecular formula is C17H23N3O2. The van der Waals surface area contributed by atoms with Gasteiger partial charge in [-0.25, -0.2) is 0 Å². The van der Waals surface area contributed by atoms with E-state index in [-0.39, 0.29) is 6.10 Å². The van der Waals surface area contributed by atoms with Crippen LogP contribution in [0.5, 0.6) is 0 Å². The maximum atomic E-state index is 9.66. The molecule has 1 aliphatic heterocycles. The highest BCUT2D eigenvalue weighted by atomic mass is 16.3. The van der Waals surface area contributed by atoms with Crippen molar-refractivity contribution in [2.24, 2.45) is 4.99 Å². The van der Waals surface area contributed by atoms with E-state index in [1.165, 1.54) is 0 Å². The van der Waals surface area contributed by atoms with Crippen molar-refractivity contribution in [3.05, 3.63) is 36.1 Å². The van der Waals surface area contributed by atoms with Crippen molar-refractivity contribution in [2.75, 3.05) is 26.2 Å². The lowest BCUT2D eigenvalue weighted by atomic mass is 10.2. The Morgan fingerprint density at radius 3 is 3.05 bits per heavy atom. The van der Waals surface area contributed by atoms with Crippen molar-refractivity contribution in [1.29, 1.82) is 0 Å². The molecule has 0 saturated carbocycles. The van der Waals surface area contributed by atoms with Crippen LogP contribution in [0.2, 0.25) is 0 Å². The Morgan fingerprint density at radius 2 is 2.32 bits per heavy atom. The Kier molecular flexibility index (Phi) is 4.63. The van der Waals surface area contributed by atoms with Crippen LogP contribution in [-0.2, 0) is 6.42 Å². The number of likely N-dealkylation sites (tertiary alicyclic amines) is 1. The number of guanidine groups is 1. The van der Waals surface area contributed by atoms with Crippen LogP contribution in [0.4, 0.5) is 0 Å². The van der Waals surface area contributed by atoms with E-state index in [2.05, 4.69) is 34.3 Å². The zero-order chi connectivity index (χ0) is 15.4. The predicted octanol–water partition coefficient (Wildman–Crippen LogP) is 2.01. The summed E-state index contributed by atoms with van der Waals surface area (Å²) in [6, 6.07) is 10.1. The zero-order valence-electron chi connectivity index (χ0n) is 13.0. The summed E-state index contributed by atoms with van der Waals surface area (Å²) in [5.41, 5.74) is 0.927. The highest BCUT2D eigenvalue weighted by Gasteiger charge is 2.22. The van der Waals surface area contributed by atoms with Crippen LogP contribution >= 0.6 is 0 Å². The highest BCUT2D eigenvalue weighted by molar-refractivity contribution is 5.80. The minimum Gasteiger partial charge on any atom is -0.461 e. The van der Waals surface area contributed by atoms with Crippen LogP contribution in [-0.4, -0.2) is 48.2 Å². The number of benzene rings is 1. The second-order valence-electron chi connectivity index (χ2n) is 5.62. The van der Waals surface area contributed by atoms with Gasteiger partial charge in [-0.2, -0.15) is 0 Å². The number of β-amino-alcohol motifs (C(OH)–C–C–N with tert-alkyl or cyclic N) is 1. The van der Waals surface area contributed by atoms with Crippen LogP contribution in [0.1, 0.15) is 19.1 Å². The van der Waals surface area contributed by atoms with Gasteiger partial charge >= 0.3 is 0 Å². The van der Waals surface area contributed by atoms with Gasteiger partial charge in [-0.3, -0.25) is 4.99 Å². The summed E-state index contributed by atoms with van der Waals surface area (Å²) in [6.07, 6.45) is 1.35. The molecule has 1 saturated heterocycles. The van der Waals surface area contributed by atoms with Gasteiger partial charge in [0.15, 0.2) is 5.96 Å². The number of rotatable bonds is 4. The molecule has 0 spiro atoms. The number of fused-ring (bicyclic) bond motifs is 1. The average molecular weight is 301 g/mol. The molecule has 3 rings (SSSR count). The number of hydrogen-bond donors (Lipinski definition) is 2. The Hall–Kier alpha value is -2.01. The average Bonchev–Trinajstić information content (AvgIpc) is 3.12. The third-order valence-corrected chi connectivity index (χ3v) is 3.89. The van der Waals surface area contributed by atoms with Crippen LogP contribution in [0.25, 0.3) is 11.0 Å². The molecule has 1 aromatic heterocycles. The summed E-state index contributed by atoms with van der Waals surface area (Å²) < 4.78 is 5.81. The minimum atomic E-state index is -0.237. The molecule has 118 valence electrons. The molecule has 2 heterocycles. The Bertz CT molecular complexity index is 617. The van der Waals surface area contributed by atoms with Gasteiger partial charge in [0.2, 0.25) is 0 Å². The SMILES string of the molecule is CCNC(=NCCc1cc2ccccc2o1)N1CC[C@@H](O)C1. The molecule has 2 N–H and O–H groups in total. The van der Waals surface area contributed by atoms with Gasteiger partial charge in [0.1, 0.15) is 11.3 Å². The molecular weight excluding hydrogens is 278 g/mol. The lowest BCUT2D eigenvalue weighted by Crippen LogP contribution is -2.40. The molecule has 0 unspecified atom stereocenters. The summed E-state index contributed by atoms with van der Waals surface area (Å²) in [5, 5.41) is 14.1. The lowest BCUT2D eigenvalue weighted by Gasteiger charge is -2.20.